The number of rotatable bonds is 7. The molecule has 3 aromatic carbocycles. The summed E-state index contributed by atoms with van der Waals surface area (Å²) in [4.78, 5) is 39.1. The Morgan fingerprint density at radius 3 is 2.13 bits per heavy atom. The minimum atomic E-state index is -0.546. The Morgan fingerprint density at radius 2 is 1.47 bits per heavy atom. The van der Waals surface area contributed by atoms with Crippen LogP contribution < -0.4 is 10.6 Å². The summed E-state index contributed by atoms with van der Waals surface area (Å²) < 4.78 is 6.60. The highest BCUT2D eigenvalue weighted by Gasteiger charge is 2.23. The largest absolute Gasteiger partial charge is 0.462 e. The molecule has 0 radical (unpaired) electrons. The molecule has 0 bridgehead atoms. The smallest absolute Gasteiger partial charge is 0.340 e. The van der Waals surface area contributed by atoms with Crippen molar-refractivity contribution >= 4 is 29.3 Å². The zero-order chi connectivity index (χ0) is 27.3. The molecule has 38 heavy (non-hydrogen) atoms. The molecule has 1 aromatic heterocycles. The van der Waals surface area contributed by atoms with Gasteiger partial charge in [-0.3, -0.25) is 9.59 Å². The summed E-state index contributed by atoms with van der Waals surface area (Å²) in [6.45, 7) is 8.23. The third-order valence-corrected chi connectivity index (χ3v) is 5.93. The molecule has 2 amide bonds. The van der Waals surface area contributed by atoms with E-state index in [4.69, 9.17) is 4.74 Å². The number of esters is 1. The highest BCUT2D eigenvalue weighted by atomic mass is 16.5. The first-order chi connectivity index (χ1) is 18.2. The molecule has 0 fully saturated rings. The van der Waals surface area contributed by atoms with E-state index < -0.39 is 11.9 Å². The Hall–Kier alpha value is -4.72. The van der Waals surface area contributed by atoms with Gasteiger partial charge in [0.25, 0.3) is 11.8 Å². The third kappa shape index (κ3) is 5.81. The Morgan fingerprint density at radius 1 is 0.816 bits per heavy atom. The molecule has 4 rings (SSSR count). The zero-order valence-corrected chi connectivity index (χ0v) is 21.8. The second-order valence-corrected chi connectivity index (χ2v) is 9.66. The molecule has 0 aliphatic rings. The van der Waals surface area contributed by atoms with Crippen LogP contribution >= 0.6 is 0 Å². The van der Waals surface area contributed by atoms with Gasteiger partial charge in [-0.05, 0) is 54.3 Å². The minimum absolute atomic E-state index is 0.0496. The van der Waals surface area contributed by atoms with E-state index in [0.29, 0.717) is 16.9 Å². The first-order valence-corrected chi connectivity index (χ1v) is 12.3. The van der Waals surface area contributed by atoms with Crippen LogP contribution in [0.3, 0.4) is 0 Å². The van der Waals surface area contributed by atoms with Crippen LogP contribution in [-0.4, -0.2) is 34.2 Å². The van der Waals surface area contributed by atoms with Crippen molar-refractivity contribution in [3.05, 3.63) is 107 Å². The number of nitrogens with zero attached hydrogens (tertiary/aromatic N) is 2. The number of benzene rings is 3. The van der Waals surface area contributed by atoms with Crippen LogP contribution in [0, 0.1) is 0 Å². The Balaban J connectivity index is 1.68. The fraction of sp³-hybridized carbons (Fsp3) is 0.200. The molecule has 4 aromatic rings. The number of aromatic nitrogens is 2. The van der Waals surface area contributed by atoms with Crippen molar-refractivity contribution in [2.24, 2.45) is 0 Å². The predicted molar refractivity (Wildman–Crippen MR) is 147 cm³/mol. The van der Waals surface area contributed by atoms with E-state index in [1.165, 1.54) is 10.9 Å². The molecule has 8 heteroatoms. The average Bonchev–Trinajstić information content (AvgIpc) is 3.32. The normalized spacial score (nSPS) is 11.1. The van der Waals surface area contributed by atoms with E-state index in [1.54, 1.807) is 43.3 Å². The second-order valence-electron chi connectivity index (χ2n) is 9.66. The van der Waals surface area contributed by atoms with Gasteiger partial charge >= 0.3 is 5.97 Å². The Kier molecular flexibility index (Phi) is 7.71. The first-order valence-electron chi connectivity index (χ1n) is 12.3. The van der Waals surface area contributed by atoms with Gasteiger partial charge < -0.3 is 15.4 Å². The van der Waals surface area contributed by atoms with Gasteiger partial charge in [0.05, 0.1) is 29.7 Å². The number of carbonyl (C=O) groups excluding carboxylic acids is 3. The van der Waals surface area contributed by atoms with Crippen molar-refractivity contribution in [3.63, 3.8) is 0 Å². The monoisotopic (exact) mass is 510 g/mol. The fourth-order valence-electron chi connectivity index (χ4n) is 3.87. The van der Waals surface area contributed by atoms with E-state index in [1.807, 2.05) is 42.5 Å². The van der Waals surface area contributed by atoms with E-state index in [0.717, 1.165) is 5.56 Å². The molecule has 8 nitrogen and oxygen atoms in total. The van der Waals surface area contributed by atoms with E-state index in [2.05, 4.69) is 36.5 Å². The van der Waals surface area contributed by atoms with Crippen molar-refractivity contribution in [2.45, 2.75) is 33.1 Å². The van der Waals surface area contributed by atoms with Crippen LogP contribution in [0.4, 0.5) is 11.5 Å². The lowest BCUT2D eigenvalue weighted by Gasteiger charge is -2.19. The van der Waals surface area contributed by atoms with E-state index in [9.17, 15) is 14.4 Å². The van der Waals surface area contributed by atoms with Crippen LogP contribution in [-0.2, 0) is 10.2 Å². The molecule has 1 heterocycles. The summed E-state index contributed by atoms with van der Waals surface area (Å²) in [5, 5.41) is 10.0. The number of carbonyl (C=O) groups is 3. The third-order valence-electron chi connectivity index (χ3n) is 5.93. The summed E-state index contributed by atoms with van der Waals surface area (Å²) in [6.07, 6.45) is 1.38. The minimum Gasteiger partial charge on any atom is -0.462 e. The number of hydrogen-bond donors (Lipinski definition) is 2. The van der Waals surface area contributed by atoms with E-state index in [-0.39, 0.29) is 34.9 Å². The van der Waals surface area contributed by atoms with Gasteiger partial charge in [0, 0.05) is 5.56 Å². The van der Waals surface area contributed by atoms with Crippen molar-refractivity contribution in [1.29, 1.82) is 0 Å². The van der Waals surface area contributed by atoms with Gasteiger partial charge in [0.1, 0.15) is 11.4 Å². The zero-order valence-electron chi connectivity index (χ0n) is 21.8. The number of nitrogens with one attached hydrogen (secondary N) is 2. The van der Waals surface area contributed by atoms with Crippen LogP contribution in [0.1, 0.15) is 64.3 Å². The van der Waals surface area contributed by atoms with Gasteiger partial charge in [-0.25, -0.2) is 9.48 Å². The Labute approximate surface area is 221 Å². The van der Waals surface area contributed by atoms with Gasteiger partial charge in [-0.1, -0.05) is 63.2 Å². The Bertz CT molecular complexity index is 1450. The maximum absolute atomic E-state index is 13.4. The number of hydrogen-bond acceptors (Lipinski definition) is 5. The SMILES string of the molecule is CCOC(=O)c1ccccc1NC(=O)c1cnn(-c2ccccc2)c1NC(=O)c1ccc(C(C)(C)C)cc1. The van der Waals surface area contributed by atoms with Gasteiger partial charge in [-0.15, -0.1) is 0 Å². The van der Waals surface area contributed by atoms with E-state index >= 15 is 0 Å². The molecule has 0 saturated heterocycles. The fourth-order valence-corrected chi connectivity index (χ4v) is 3.87. The second kappa shape index (κ2) is 11.1. The standard InChI is InChI=1S/C30H30N4O4/c1-5-38-29(37)23-13-9-10-14-25(23)32-28(36)24-19-31-34(22-11-7-6-8-12-22)26(24)33-27(35)20-15-17-21(18-16-20)30(2,3)4/h6-19H,5H2,1-4H3,(H,32,36)(H,33,35). The van der Waals surface area contributed by atoms with Crippen LogP contribution in [0.25, 0.3) is 5.69 Å². The maximum atomic E-state index is 13.4. The molecule has 0 atom stereocenters. The summed E-state index contributed by atoms with van der Waals surface area (Å²) in [7, 11) is 0. The summed E-state index contributed by atoms with van der Waals surface area (Å²) in [6, 6.07) is 23.1. The van der Waals surface area contributed by atoms with Crippen LogP contribution in [0.2, 0.25) is 0 Å². The van der Waals surface area contributed by atoms with Gasteiger partial charge in [-0.2, -0.15) is 5.10 Å². The lowest BCUT2D eigenvalue weighted by Crippen LogP contribution is -2.21. The van der Waals surface area contributed by atoms with Crippen molar-refractivity contribution < 1.29 is 19.1 Å². The quantitative estimate of drug-likeness (QED) is 0.304. The molecule has 0 aliphatic heterocycles. The number of ether oxygens (including phenoxy) is 1. The highest BCUT2D eigenvalue weighted by Crippen LogP contribution is 2.25. The van der Waals surface area contributed by atoms with Crippen LogP contribution in [0.15, 0.2) is 85.1 Å². The summed E-state index contributed by atoms with van der Waals surface area (Å²) in [5.74, 6) is -1.27. The number of amides is 2. The molecule has 2 N–H and O–H groups in total. The summed E-state index contributed by atoms with van der Waals surface area (Å²) >= 11 is 0. The topological polar surface area (TPSA) is 102 Å². The lowest BCUT2D eigenvalue weighted by atomic mass is 9.87. The van der Waals surface area contributed by atoms with Gasteiger partial charge in [0.2, 0.25) is 0 Å². The maximum Gasteiger partial charge on any atom is 0.340 e. The summed E-state index contributed by atoms with van der Waals surface area (Å²) in [5.41, 5.74) is 2.80. The molecular formula is C30H30N4O4. The average molecular weight is 511 g/mol. The molecular weight excluding hydrogens is 480 g/mol. The highest BCUT2D eigenvalue weighted by molar-refractivity contribution is 6.13. The van der Waals surface area contributed by atoms with Crippen molar-refractivity contribution in [1.82, 2.24) is 9.78 Å². The molecule has 0 aliphatic carbocycles. The molecule has 0 saturated carbocycles. The molecule has 0 unspecified atom stereocenters. The number of anilines is 2. The predicted octanol–water partition coefficient (Wildman–Crippen LogP) is 5.85. The molecule has 194 valence electrons. The number of para-hydroxylation sites is 2. The first kappa shape index (κ1) is 26.3. The van der Waals surface area contributed by atoms with Gasteiger partial charge in [0.15, 0.2) is 0 Å². The molecule has 0 spiro atoms. The lowest BCUT2D eigenvalue weighted by molar-refractivity contribution is 0.0527. The van der Waals surface area contributed by atoms with Crippen molar-refractivity contribution in [3.8, 4) is 5.69 Å². The van der Waals surface area contributed by atoms with Crippen LogP contribution in [0.5, 0.6) is 0 Å². The van der Waals surface area contributed by atoms with Crippen molar-refractivity contribution in [2.75, 3.05) is 17.2 Å².